The van der Waals surface area contributed by atoms with Crippen LogP contribution in [-0.2, 0) is 0 Å². The molecular weight excluding hydrogens is 220 g/mol. The van der Waals surface area contributed by atoms with E-state index in [9.17, 15) is 0 Å². The predicted octanol–water partition coefficient (Wildman–Crippen LogP) is 3.52. The van der Waals surface area contributed by atoms with Crippen LogP contribution >= 0.6 is 0 Å². The van der Waals surface area contributed by atoms with E-state index in [2.05, 4.69) is 51.9 Å². The average molecular weight is 254 g/mol. The molecule has 3 atom stereocenters. The minimum absolute atomic E-state index is 0.514. The molecule has 2 nitrogen and oxygen atoms in total. The Morgan fingerprint density at radius 1 is 1.33 bits per heavy atom. The molecule has 1 aliphatic carbocycles. The van der Waals surface area contributed by atoms with Crippen molar-refractivity contribution in [3.05, 3.63) is 0 Å². The molecule has 18 heavy (non-hydrogen) atoms. The van der Waals surface area contributed by atoms with Crippen molar-refractivity contribution in [2.24, 2.45) is 11.3 Å². The highest BCUT2D eigenvalue weighted by Crippen LogP contribution is 2.37. The maximum atomic E-state index is 3.70. The second-order valence-electron chi connectivity index (χ2n) is 7.09. The SMILES string of the molecule is CCNC1CCC(C)(C)CC1N(C)CC(C)CC. The van der Waals surface area contributed by atoms with E-state index in [4.69, 9.17) is 0 Å². The summed E-state index contributed by atoms with van der Waals surface area (Å²) in [5, 5.41) is 3.70. The number of rotatable bonds is 6. The van der Waals surface area contributed by atoms with Gasteiger partial charge in [-0.25, -0.2) is 0 Å². The molecule has 3 unspecified atom stereocenters. The summed E-state index contributed by atoms with van der Waals surface area (Å²) >= 11 is 0. The van der Waals surface area contributed by atoms with Crippen molar-refractivity contribution in [2.75, 3.05) is 20.1 Å². The van der Waals surface area contributed by atoms with Gasteiger partial charge in [-0.1, -0.05) is 41.0 Å². The molecule has 108 valence electrons. The molecule has 1 N–H and O–H groups in total. The van der Waals surface area contributed by atoms with Gasteiger partial charge in [-0.15, -0.1) is 0 Å². The standard InChI is InChI=1S/C16H34N2/c1-7-13(3)12-18(6)15-11-16(4,5)10-9-14(15)17-8-2/h13-15,17H,7-12H2,1-6H3. The van der Waals surface area contributed by atoms with Crippen molar-refractivity contribution in [1.82, 2.24) is 10.2 Å². The minimum Gasteiger partial charge on any atom is -0.313 e. The van der Waals surface area contributed by atoms with Crippen molar-refractivity contribution in [2.45, 2.75) is 72.4 Å². The molecule has 1 aliphatic rings. The fourth-order valence-electron chi connectivity index (χ4n) is 3.27. The van der Waals surface area contributed by atoms with Crippen LogP contribution in [0.3, 0.4) is 0 Å². The zero-order valence-electron chi connectivity index (χ0n) is 13.4. The minimum atomic E-state index is 0.514. The monoisotopic (exact) mass is 254 g/mol. The molecule has 0 saturated heterocycles. The van der Waals surface area contributed by atoms with E-state index in [1.54, 1.807) is 0 Å². The lowest BCUT2D eigenvalue weighted by Crippen LogP contribution is -2.54. The van der Waals surface area contributed by atoms with Gasteiger partial charge in [-0.05, 0) is 44.2 Å². The Kier molecular flexibility index (Phi) is 6.13. The number of hydrogen-bond donors (Lipinski definition) is 1. The van der Waals surface area contributed by atoms with Crippen LogP contribution in [-0.4, -0.2) is 37.1 Å². The zero-order chi connectivity index (χ0) is 13.8. The Labute approximate surface area is 115 Å². The fraction of sp³-hybridized carbons (Fsp3) is 1.00. The van der Waals surface area contributed by atoms with E-state index in [0.717, 1.165) is 12.5 Å². The Morgan fingerprint density at radius 2 is 2.00 bits per heavy atom. The van der Waals surface area contributed by atoms with E-state index in [1.165, 1.54) is 32.2 Å². The first kappa shape index (κ1) is 16.0. The van der Waals surface area contributed by atoms with Gasteiger partial charge >= 0.3 is 0 Å². The summed E-state index contributed by atoms with van der Waals surface area (Å²) in [6.07, 6.45) is 5.30. The molecule has 1 fully saturated rings. The first-order valence-corrected chi connectivity index (χ1v) is 7.83. The van der Waals surface area contributed by atoms with E-state index in [1.807, 2.05) is 0 Å². The lowest BCUT2D eigenvalue weighted by molar-refractivity contribution is 0.0736. The normalized spacial score (nSPS) is 29.5. The largest absolute Gasteiger partial charge is 0.313 e. The predicted molar refractivity (Wildman–Crippen MR) is 81.0 cm³/mol. The first-order valence-electron chi connectivity index (χ1n) is 7.83. The third kappa shape index (κ3) is 4.55. The van der Waals surface area contributed by atoms with Gasteiger partial charge < -0.3 is 10.2 Å². The van der Waals surface area contributed by atoms with Crippen molar-refractivity contribution in [3.8, 4) is 0 Å². The van der Waals surface area contributed by atoms with Crippen LogP contribution in [0.25, 0.3) is 0 Å². The van der Waals surface area contributed by atoms with Crippen LogP contribution in [0.4, 0.5) is 0 Å². The van der Waals surface area contributed by atoms with Gasteiger partial charge in [-0.2, -0.15) is 0 Å². The summed E-state index contributed by atoms with van der Waals surface area (Å²) in [5.41, 5.74) is 0.514. The highest BCUT2D eigenvalue weighted by molar-refractivity contribution is 4.93. The Bertz CT molecular complexity index is 237. The molecule has 0 aromatic carbocycles. The zero-order valence-corrected chi connectivity index (χ0v) is 13.4. The summed E-state index contributed by atoms with van der Waals surface area (Å²) in [5.74, 6) is 0.808. The smallest absolute Gasteiger partial charge is 0.0251 e. The van der Waals surface area contributed by atoms with Crippen LogP contribution in [0.2, 0.25) is 0 Å². The fourth-order valence-corrected chi connectivity index (χ4v) is 3.27. The van der Waals surface area contributed by atoms with Gasteiger partial charge in [0.25, 0.3) is 0 Å². The van der Waals surface area contributed by atoms with Crippen molar-refractivity contribution in [3.63, 3.8) is 0 Å². The van der Waals surface area contributed by atoms with Gasteiger partial charge in [0.05, 0.1) is 0 Å². The molecule has 0 aliphatic heterocycles. The molecule has 0 aromatic heterocycles. The summed E-state index contributed by atoms with van der Waals surface area (Å²) in [6, 6.07) is 1.40. The van der Waals surface area contributed by atoms with E-state index < -0.39 is 0 Å². The number of nitrogens with zero attached hydrogens (tertiary/aromatic N) is 1. The summed E-state index contributed by atoms with van der Waals surface area (Å²) in [4.78, 5) is 2.61. The van der Waals surface area contributed by atoms with Gasteiger partial charge in [0.2, 0.25) is 0 Å². The maximum absolute atomic E-state index is 3.70. The molecule has 0 heterocycles. The third-order valence-electron chi connectivity index (χ3n) is 4.69. The molecule has 0 amide bonds. The number of likely N-dealkylation sites (N-methyl/N-ethyl adjacent to an activating group) is 2. The highest BCUT2D eigenvalue weighted by Gasteiger charge is 2.36. The van der Waals surface area contributed by atoms with Crippen molar-refractivity contribution >= 4 is 0 Å². The van der Waals surface area contributed by atoms with Gasteiger partial charge in [-0.3, -0.25) is 0 Å². The molecule has 0 bridgehead atoms. The molecule has 2 heteroatoms. The summed E-state index contributed by atoms with van der Waals surface area (Å²) in [7, 11) is 2.32. The average Bonchev–Trinajstić information content (AvgIpc) is 2.31. The lowest BCUT2D eigenvalue weighted by Gasteiger charge is -2.45. The topological polar surface area (TPSA) is 15.3 Å². The first-order chi connectivity index (χ1) is 8.39. The van der Waals surface area contributed by atoms with E-state index >= 15 is 0 Å². The molecule has 0 spiro atoms. The summed E-state index contributed by atoms with van der Waals surface area (Å²) in [6.45, 7) is 14.1. The molecule has 0 radical (unpaired) electrons. The van der Waals surface area contributed by atoms with Gasteiger partial charge in [0.15, 0.2) is 0 Å². The van der Waals surface area contributed by atoms with Crippen LogP contribution in [0.1, 0.15) is 60.3 Å². The Hall–Kier alpha value is -0.0800. The van der Waals surface area contributed by atoms with Crippen LogP contribution < -0.4 is 5.32 Å². The third-order valence-corrected chi connectivity index (χ3v) is 4.69. The second kappa shape index (κ2) is 6.91. The number of hydrogen-bond acceptors (Lipinski definition) is 2. The molecule has 1 saturated carbocycles. The van der Waals surface area contributed by atoms with E-state index in [0.29, 0.717) is 17.5 Å². The Morgan fingerprint density at radius 3 is 2.56 bits per heavy atom. The van der Waals surface area contributed by atoms with Crippen molar-refractivity contribution in [1.29, 1.82) is 0 Å². The number of nitrogens with one attached hydrogen (secondary N) is 1. The molecule has 0 aromatic rings. The van der Waals surface area contributed by atoms with Crippen LogP contribution in [0, 0.1) is 11.3 Å². The molecule has 1 rings (SSSR count). The highest BCUT2D eigenvalue weighted by atomic mass is 15.2. The van der Waals surface area contributed by atoms with Crippen LogP contribution in [0.15, 0.2) is 0 Å². The lowest BCUT2D eigenvalue weighted by atomic mass is 9.72. The second-order valence-corrected chi connectivity index (χ2v) is 7.09. The quantitative estimate of drug-likeness (QED) is 0.780. The maximum Gasteiger partial charge on any atom is 0.0251 e. The van der Waals surface area contributed by atoms with Crippen molar-refractivity contribution < 1.29 is 0 Å². The van der Waals surface area contributed by atoms with Gasteiger partial charge in [0, 0.05) is 18.6 Å². The molecular formula is C16H34N2. The van der Waals surface area contributed by atoms with Crippen LogP contribution in [0.5, 0.6) is 0 Å². The van der Waals surface area contributed by atoms with Gasteiger partial charge in [0.1, 0.15) is 0 Å². The Balaban J connectivity index is 2.65. The van der Waals surface area contributed by atoms with E-state index in [-0.39, 0.29) is 0 Å². The summed E-state index contributed by atoms with van der Waals surface area (Å²) < 4.78 is 0.